The molecule has 2 heterocycles. The van der Waals surface area contributed by atoms with Crippen LogP contribution in [0.2, 0.25) is 0 Å². The highest BCUT2D eigenvalue weighted by Crippen LogP contribution is 2.12. The standard InChI is InChI=1S/C13H18N6O/c1-17-9-11(8-16-17)2-3-13(20)19-7-6-18(15)10-12(19)4-5-14/h2-3,8-9,12H,4,6-7,10,15H2,1H3/b3-2+/t12-/m0/s1. The van der Waals surface area contributed by atoms with Crippen molar-refractivity contribution in [3.05, 3.63) is 24.0 Å². The molecule has 1 atom stereocenters. The number of carbonyl (C=O) groups excluding carboxylic acids is 1. The summed E-state index contributed by atoms with van der Waals surface area (Å²) in [4.78, 5) is 13.9. The number of amides is 1. The van der Waals surface area contributed by atoms with Crippen LogP contribution in [0.5, 0.6) is 0 Å². The Hall–Kier alpha value is -2.17. The summed E-state index contributed by atoms with van der Waals surface area (Å²) < 4.78 is 1.68. The van der Waals surface area contributed by atoms with Gasteiger partial charge < -0.3 is 4.90 Å². The van der Waals surface area contributed by atoms with Crippen LogP contribution in [0, 0.1) is 11.3 Å². The van der Waals surface area contributed by atoms with E-state index in [0.29, 0.717) is 26.1 Å². The maximum absolute atomic E-state index is 12.2. The molecule has 0 aliphatic carbocycles. The largest absolute Gasteiger partial charge is 0.332 e. The van der Waals surface area contributed by atoms with E-state index in [9.17, 15) is 4.79 Å². The minimum atomic E-state index is -0.148. The Morgan fingerprint density at radius 2 is 2.45 bits per heavy atom. The molecule has 1 aromatic heterocycles. The van der Waals surface area contributed by atoms with Crippen LogP contribution in [0.3, 0.4) is 0 Å². The fourth-order valence-electron chi connectivity index (χ4n) is 2.24. The second kappa shape index (κ2) is 6.32. The Kier molecular flexibility index (Phi) is 4.50. The van der Waals surface area contributed by atoms with Crippen LogP contribution < -0.4 is 5.84 Å². The summed E-state index contributed by atoms with van der Waals surface area (Å²) in [6.07, 6.45) is 7.06. The number of nitrogens with zero attached hydrogens (tertiary/aromatic N) is 5. The van der Waals surface area contributed by atoms with Gasteiger partial charge in [0.1, 0.15) is 0 Å². The van der Waals surface area contributed by atoms with Crippen molar-refractivity contribution in [3.63, 3.8) is 0 Å². The van der Waals surface area contributed by atoms with Gasteiger partial charge in [-0.2, -0.15) is 10.4 Å². The Morgan fingerprint density at radius 3 is 3.10 bits per heavy atom. The molecule has 0 unspecified atom stereocenters. The zero-order chi connectivity index (χ0) is 14.5. The molecule has 0 saturated carbocycles. The van der Waals surface area contributed by atoms with E-state index >= 15 is 0 Å². The van der Waals surface area contributed by atoms with Gasteiger partial charge in [-0.1, -0.05) is 0 Å². The van der Waals surface area contributed by atoms with Crippen molar-refractivity contribution in [2.45, 2.75) is 12.5 Å². The van der Waals surface area contributed by atoms with Crippen molar-refractivity contribution >= 4 is 12.0 Å². The van der Waals surface area contributed by atoms with Crippen molar-refractivity contribution in [3.8, 4) is 6.07 Å². The molecule has 1 aliphatic heterocycles. The first kappa shape index (κ1) is 14.2. The SMILES string of the molecule is Cn1cc(/C=C/C(=O)N2CCN(N)C[C@@H]2CC#N)cn1. The van der Waals surface area contributed by atoms with Gasteiger partial charge in [-0.05, 0) is 6.08 Å². The minimum Gasteiger partial charge on any atom is -0.332 e. The van der Waals surface area contributed by atoms with Gasteiger partial charge in [0, 0.05) is 44.5 Å². The Labute approximate surface area is 117 Å². The first-order chi connectivity index (χ1) is 9.60. The summed E-state index contributed by atoms with van der Waals surface area (Å²) in [5.41, 5.74) is 0.871. The van der Waals surface area contributed by atoms with Crippen LogP contribution in [-0.2, 0) is 11.8 Å². The molecule has 2 N–H and O–H groups in total. The van der Waals surface area contributed by atoms with Gasteiger partial charge in [0.25, 0.3) is 0 Å². The van der Waals surface area contributed by atoms with Crippen molar-refractivity contribution in [1.29, 1.82) is 5.26 Å². The lowest BCUT2D eigenvalue weighted by Gasteiger charge is -2.38. The van der Waals surface area contributed by atoms with Crippen LogP contribution in [0.1, 0.15) is 12.0 Å². The van der Waals surface area contributed by atoms with Gasteiger partial charge in [0.15, 0.2) is 0 Å². The smallest absolute Gasteiger partial charge is 0.246 e. The Balaban J connectivity index is 2.03. The van der Waals surface area contributed by atoms with E-state index in [1.165, 1.54) is 6.08 Å². The van der Waals surface area contributed by atoms with Gasteiger partial charge in [-0.15, -0.1) is 0 Å². The quantitative estimate of drug-likeness (QED) is 0.605. The van der Waals surface area contributed by atoms with E-state index in [1.807, 2.05) is 13.2 Å². The normalized spacial score (nSPS) is 20.2. The van der Waals surface area contributed by atoms with Gasteiger partial charge in [-0.3, -0.25) is 15.3 Å². The molecule has 7 heteroatoms. The maximum Gasteiger partial charge on any atom is 0.246 e. The molecule has 0 spiro atoms. The van der Waals surface area contributed by atoms with E-state index in [0.717, 1.165) is 5.56 Å². The minimum absolute atomic E-state index is 0.0952. The summed E-state index contributed by atoms with van der Waals surface area (Å²) in [6, 6.07) is 1.96. The fraction of sp³-hybridized carbons (Fsp3) is 0.462. The summed E-state index contributed by atoms with van der Waals surface area (Å²) >= 11 is 0. The maximum atomic E-state index is 12.2. The van der Waals surface area contributed by atoms with Crippen LogP contribution in [-0.4, -0.2) is 51.3 Å². The van der Waals surface area contributed by atoms with E-state index in [4.69, 9.17) is 11.1 Å². The topological polar surface area (TPSA) is 91.2 Å². The van der Waals surface area contributed by atoms with Crippen molar-refractivity contribution in [2.75, 3.05) is 19.6 Å². The second-order valence-corrected chi connectivity index (χ2v) is 4.82. The lowest BCUT2D eigenvalue weighted by Crippen LogP contribution is -2.56. The number of carbonyl (C=O) groups is 1. The first-order valence-electron chi connectivity index (χ1n) is 6.44. The lowest BCUT2D eigenvalue weighted by molar-refractivity contribution is -0.130. The van der Waals surface area contributed by atoms with Gasteiger partial charge >= 0.3 is 0 Å². The molecule has 0 bridgehead atoms. The third kappa shape index (κ3) is 3.44. The molecular formula is C13H18N6O. The molecule has 20 heavy (non-hydrogen) atoms. The number of nitriles is 1. The number of aromatic nitrogens is 2. The Bertz CT molecular complexity index is 543. The molecule has 2 rings (SSSR count). The van der Waals surface area contributed by atoms with Crippen LogP contribution in [0.4, 0.5) is 0 Å². The number of aryl methyl sites for hydroxylation is 1. The highest BCUT2D eigenvalue weighted by molar-refractivity contribution is 5.92. The molecule has 0 radical (unpaired) electrons. The molecule has 0 aromatic carbocycles. The first-order valence-corrected chi connectivity index (χ1v) is 6.44. The summed E-state index contributed by atoms with van der Waals surface area (Å²) in [6.45, 7) is 1.69. The highest BCUT2D eigenvalue weighted by atomic mass is 16.2. The molecule has 1 saturated heterocycles. The molecule has 1 amide bonds. The average molecular weight is 274 g/mol. The van der Waals surface area contributed by atoms with Gasteiger partial charge in [-0.25, -0.2) is 5.01 Å². The highest BCUT2D eigenvalue weighted by Gasteiger charge is 2.27. The second-order valence-electron chi connectivity index (χ2n) is 4.82. The average Bonchev–Trinajstić information content (AvgIpc) is 2.82. The molecule has 1 aliphatic rings. The van der Waals surface area contributed by atoms with Crippen molar-refractivity contribution in [2.24, 2.45) is 12.9 Å². The number of nitrogens with two attached hydrogens (primary N) is 1. The van der Waals surface area contributed by atoms with Crippen molar-refractivity contribution in [1.82, 2.24) is 19.7 Å². The summed E-state index contributed by atoms with van der Waals surface area (Å²) in [7, 11) is 1.82. The van der Waals surface area contributed by atoms with Gasteiger partial charge in [0.2, 0.25) is 5.91 Å². The third-order valence-corrected chi connectivity index (χ3v) is 3.27. The summed E-state index contributed by atoms with van der Waals surface area (Å²) in [5, 5.41) is 14.5. The Morgan fingerprint density at radius 1 is 1.65 bits per heavy atom. The molecule has 1 fully saturated rings. The predicted octanol–water partition coefficient (Wildman–Crippen LogP) is -0.267. The van der Waals surface area contributed by atoms with E-state index in [1.54, 1.807) is 26.9 Å². The number of hydrogen-bond acceptors (Lipinski definition) is 5. The third-order valence-electron chi connectivity index (χ3n) is 3.27. The number of hydrogen-bond donors (Lipinski definition) is 1. The summed E-state index contributed by atoms with van der Waals surface area (Å²) in [5.74, 6) is 5.65. The zero-order valence-electron chi connectivity index (χ0n) is 11.4. The molecule has 7 nitrogen and oxygen atoms in total. The van der Waals surface area contributed by atoms with Crippen molar-refractivity contribution < 1.29 is 4.79 Å². The zero-order valence-corrected chi connectivity index (χ0v) is 11.4. The number of piperazine rings is 1. The van der Waals surface area contributed by atoms with Gasteiger partial charge in [0.05, 0.1) is 24.7 Å². The van der Waals surface area contributed by atoms with Crippen LogP contribution in [0.25, 0.3) is 6.08 Å². The fourth-order valence-corrected chi connectivity index (χ4v) is 2.24. The molecule has 1 aromatic rings. The number of rotatable bonds is 3. The van der Waals surface area contributed by atoms with Crippen LogP contribution >= 0.6 is 0 Å². The van der Waals surface area contributed by atoms with Crippen LogP contribution in [0.15, 0.2) is 18.5 Å². The van der Waals surface area contributed by atoms with E-state index in [2.05, 4.69) is 11.2 Å². The monoisotopic (exact) mass is 274 g/mol. The molecular weight excluding hydrogens is 256 g/mol. The predicted molar refractivity (Wildman–Crippen MR) is 73.7 cm³/mol. The molecule has 106 valence electrons. The van der Waals surface area contributed by atoms with E-state index < -0.39 is 0 Å². The number of hydrazine groups is 1. The lowest BCUT2D eigenvalue weighted by atomic mass is 10.1. The van der Waals surface area contributed by atoms with E-state index in [-0.39, 0.29) is 11.9 Å².